The number of nitrogen functional groups attached to an aromatic ring is 1. The number of halogens is 1. The molecule has 1 saturated heterocycles. The van der Waals surface area contributed by atoms with Crippen LogP contribution in [0.5, 0.6) is 0 Å². The van der Waals surface area contributed by atoms with E-state index in [1.165, 1.54) is 23.0 Å². The molecule has 5 aromatic rings. The Labute approximate surface area is 226 Å². The van der Waals surface area contributed by atoms with Crippen LogP contribution in [0.25, 0.3) is 28.2 Å². The van der Waals surface area contributed by atoms with Gasteiger partial charge in [-0.2, -0.15) is 9.78 Å². The van der Waals surface area contributed by atoms with Crippen LogP contribution in [0.2, 0.25) is 0 Å². The predicted octanol–water partition coefficient (Wildman–Crippen LogP) is 2.48. The summed E-state index contributed by atoms with van der Waals surface area (Å²) < 4.78 is 16.4. The highest BCUT2D eigenvalue weighted by atomic mass is 19.1. The summed E-state index contributed by atoms with van der Waals surface area (Å²) in [7, 11) is 0. The molecule has 1 aliphatic rings. The second kappa shape index (κ2) is 9.84. The molecular formula is C27H19FN10O2. The number of nitrogens with zero attached hydrogens (tertiary/aromatic N) is 8. The Hall–Kier alpha value is -5.77. The van der Waals surface area contributed by atoms with E-state index in [2.05, 4.69) is 31.4 Å². The normalized spacial score (nSPS) is 13.1. The Morgan fingerprint density at radius 1 is 1.12 bits per heavy atom. The molecule has 13 heteroatoms. The highest BCUT2D eigenvalue weighted by Gasteiger charge is 2.29. The van der Waals surface area contributed by atoms with E-state index in [9.17, 15) is 14.9 Å². The van der Waals surface area contributed by atoms with Crippen molar-refractivity contribution in [2.24, 2.45) is 0 Å². The fourth-order valence-corrected chi connectivity index (χ4v) is 4.59. The van der Waals surface area contributed by atoms with Gasteiger partial charge < -0.3 is 11.1 Å². The van der Waals surface area contributed by atoms with Crippen LogP contribution in [0.15, 0.2) is 61.1 Å². The number of amides is 3. The molecule has 40 heavy (non-hydrogen) atoms. The lowest BCUT2D eigenvalue weighted by molar-refractivity contribution is -0.125. The molecule has 0 radical (unpaired) electrons. The summed E-state index contributed by atoms with van der Waals surface area (Å²) in [5, 5.41) is 16.4. The van der Waals surface area contributed by atoms with Gasteiger partial charge in [-0.25, -0.2) is 29.1 Å². The summed E-state index contributed by atoms with van der Waals surface area (Å²) in [6.45, 7) is -0.199. The summed E-state index contributed by atoms with van der Waals surface area (Å²) in [5.41, 5.74) is 9.80. The smallest absolute Gasteiger partial charge is 0.324 e. The Bertz CT molecular complexity index is 1830. The van der Waals surface area contributed by atoms with Crippen LogP contribution < -0.4 is 11.1 Å². The number of rotatable bonds is 6. The van der Waals surface area contributed by atoms with Crippen molar-refractivity contribution in [2.75, 3.05) is 12.3 Å². The zero-order valence-electron chi connectivity index (χ0n) is 20.7. The molecule has 2 aromatic carbocycles. The number of nitriles is 1. The molecule has 12 nitrogen and oxygen atoms in total. The Balaban J connectivity index is 1.48. The molecule has 196 valence electrons. The first kappa shape index (κ1) is 24.6. The van der Waals surface area contributed by atoms with Crippen molar-refractivity contribution in [3.8, 4) is 28.6 Å². The fourth-order valence-electron chi connectivity index (χ4n) is 4.59. The molecule has 0 spiro atoms. The maximum Gasteiger partial charge on any atom is 0.324 e. The topological polar surface area (TPSA) is 168 Å². The molecule has 3 amide bonds. The average molecular weight is 535 g/mol. The second-order valence-electron chi connectivity index (χ2n) is 8.94. The van der Waals surface area contributed by atoms with Gasteiger partial charge in [0.05, 0.1) is 41.7 Å². The zero-order chi connectivity index (χ0) is 27.8. The molecular weight excluding hydrogens is 515 g/mol. The van der Waals surface area contributed by atoms with Gasteiger partial charge in [0.2, 0.25) is 11.9 Å². The summed E-state index contributed by atoms with van der Waals surface area (Å²) in [4.78, 5) is 42.9. The maximum atomic E-state index is 15.1. The average Bonchev–Trinajstić information content (AvgIpc) is 3.54. The van der Waals surface area contributed by atoms with Crippen LogP contribution in [0.4, 0.5) is 15.1 Å². The minimum Gasteiger partial charge on any atom is -0.368 e. The van der Waals surface area contributed by atoms with Gasteiger partial charge in [0.25, 0.3) is 0 Å². The first-order valence-corrected chi connectivity index (χ1v) is 12.1. The van der Waals surface area contributed by atoms with Crippen molar-refractivity contribution in [2.45, 2.75) is 13.0 Å². The Morgan fingerprint density at radius 2 is 1.98 bits per heavy atom. The number of aromatic nitrogens is 6. The van der Waals surface area contributed by atoms with Gasteiger partial charge in [-0.3, -0.25) is 9.69 Å². The van der Waals surface area contributed by atoms with Crippen molar-refractivity contribution >= 4 is 23.5 Å². The summed E-state index contributed by atoms with van der Waals surface area (Å²) in [6, 6.07) is 14.6. The molecule has 0 saturated carbocycles. The number of urea groups is 1. The first-order chi connectivity index (χ1) is 19.4. The highest BCUT2D eigenvalue weighted by Crippen LogP contribution is 2.34. The molecule has 1 aliphatic heterocycles. The van der Waals surface area contributed by atoms with Gasteiger partial charge in [0.1, 0.15) is 12.1 Å². The van der Waals surface area contributed by atoms with E-state index < -0.39 is 17.8 Å². The first-order valence-electron chi connectivity index (χ1n) is 12.1. The summed E-state index contributed by atoms with van der Waals surface area (Å²) >= 11 is 0. The number of imide groups is 1. The lowest BCUT2D eigenvalue weighted by atomic mass is 10.0. The number of carbonyl (C=O) groups is 2. The molecule has 3 aromatic heterocycles. The molecule has 0 atom stereocenters. The number of benzene rings is 2. The van der Waals surface area contributed by atoms with Gasteiger partial charge in [-0.05, 0) is 29.8 Å². The molecule has 1 fully saturated rings. The van der Waals surface area contributed by atoms with Crippen LogP contribution in [0.1, 0.15) is 22.5 Å². The lowest BCUT2D eigenvalue weighted by Crippen LogP contribution is -2.30. The van der Waals surface area contributed by atoms with E-state index in [-0.39, 0.29) is 36.8 Å². The van der Waals surface area contributed by atoms with E-state index in [4.69, 9.17) is 10.7 Å². The number of nitrogens with one attached hydrogen (secondary N) is 1. The van der Waals surface area contributed by atoms with E-state index >= 15 is 4.39 Å². The minimum absolute atomic E-state index is 0.0250. The molecule has 0 aliphatic carbocycles. The third-order valence-corrected chi connectivity index (χ3v) is 6.47. The van der Waals surface area contributed by atoms with Crippen molar-refractivity contribution in [1.82, 2.24) is 39.8 Å². The van der Waals surface area contributed by atoms with E-state index in [1.807, 2.05) is 0 Å². The molecule has 0 bridgehead atoms. The van der Waals surface area contributed by atoms with E-state index in [0.29, 0.717) is 39.3 Å². The third kappa shape index (κ3) is 4.33. The predicted molar refractivity (Wildman–Crippen MR) is 140 cm³/mol. The number of hydrogen-bond donors (Lipinski definition) is 2. The minimum atomic E-state index is -0.535. The van der Waals surface area contributed by atoms with Crippen LogP contribution in [-0.2, 0) is 17.8 Å². The van der Waals surface area contributed by atoms with Crippen LogP contribution >= 0.6 is 0 Å². The van der Waals surface area contributed by atoms with Gasteiger partial charge in [0.15, 0.2) is 11.5 Å². The summed E-state index contributed by atoms with van der Waals surface area (Å²) in [5.74, 6) is -0.667. The standard InChI is InChI=1S/C27H19FN10O2/c28-19-6-2-5-17(13-37-22(39)12-32-27(37)40)18(19)10-21-34-25-23(20-7-8-31-14-33-20)24(35-26(30)38(25)36-21)16-4-1-3-15(9-16)11-29/h1-9,14H,10,12-13H2,(H2,30,35)(H,32,40). The Kier molecular flexibility index (Phi) is 6.04. The van der Waals surface area contributed by atoms with Gasteiger partial charge in [-0.15, -0.1) is 5.10 Å². The third-order valence-electron chi connectivity index (χ3n) is 6.47. The lowest BCUT2D eigenvalue weighted by Gasteiger charge is -2.15. The largest absolute Gasteiger partial charge is 0.368 e. The molecule has 3 N–H and O–H groups in total. The van der Waals surface area contributed by atoms with Crippen molar-refractivity contribution in [1.29, 1.82) is 5.26 Å². The van der Waals surface area contributed by atoms with Gasteiger partial charge in [0, 0.05) is 23.7 Å². The van der Waals surface area contributed by atoms with Crippen LogP contribution in [0, 0.1) is 17.1 Å². The monoisotopic (exact) mass is 534 g/mol. The quantitative estimate of drug-likeness (QED) is 0.311. The van der Waals surface area contributed by atoms with Gasteiger partial charge in [-0.1, -0.05) is 24.3 Å². The Morgan fingerprint density at radius 3 is 2.73 bits per heavy atom. The molecule has 6 rings (SSSR count). The van der Waals surface area contributed by atoms with Crippen LogP contribution in [0.3, 0.4) is 0 Å². The highest BCUT2D eigenvalue weighted by molar-refractivity contribution is 6.01. The number of fused-ring (bicyclic) bond motifs is 1. The fraction of sp³-hybridized carbons (Fsp3) is 0.111. The van der Waals surface area contributed by atoms with E-state index in [1.54, 1.807) is 42.6 Å². The molecule has 0 unspecified atom stereocenters. The van der Waals surface area contributed by atoms with Crippen LogP contribution in [-0.4, -0.2) is 52.9 Å². The second-order valence-corrected chi connectivity index (χ2v) is 8.94. The van der Waals surface area contributed by atoms with E-state index in [0.717, 1.165) is 4.90 Å². The number of nitrogens with two attached hydrogens (primary N) is 1. The molecule has 4 heterocycles. The van der Waals surface area contributed by atoms with Gasteiger partial charge >= 0.3 is 6.03 Å². The van der Waals surface area contributed by atoms with Crippen molar-refractivity contribution < 1.29 is 14.0 Å². The maximum absolute atomic E-state index is 15.1. The number of hydrogen-bond acceptors (Lipinski definition) is 9. The summed E-state index contributed by atoms with van der Waals surface area (Å²) in [6.07, 6.45) is 2.91. The van der Waals surface area contributed by atoms with Crippen molar-refractivity contribution in [3.63, 3.8) is 0 Å². The van der Waals surface area contributed by atoms with Crippen molar-refractivity contribution in [3.05, 3.63) is 89.4 Å². The number of carbonyl (C=O) groups excluding carboxylic acids is 2. The number of anilines is 1. The SMILES string of the molecule is N#Cc1cccc(-c2nc(N)n3nc(Cc4c(F)cccc4CN4C(=O)CNC4=O)nc3c2-c2ccncn2)c1. The zero-order valence-corrected chi connectivity index (χ0v) is 20.7.